The maximum Gasteiger partial charge on any atom is 0.0702 e. The Kier molecular flexibility index (Phi) is 3.26. The van der Waals surface area contributed by atoms with Crippen LogP contribution in [0.3, 0.4) is 0 Å². The molecule has 3 rings (SSSR count). The van der Waals surface area contributed by atoms with Crippen molar-refractivity contribution in [2.24, 2.45) is 11.8 Å². The monoisotopic (exact) mass is 241 g/mol. The summed E-state index contributed by atoms with van der Waals surface area (Å²) in [4.78, 5) is 4.34. The van der Waals surface area contributed by atoms with Gasteiger partial charge in [0.05, 0.1) is 5.52 Å². The molecule has 1 saturated carbocycles. The van der Waals surface area contributed by atoms with E-state index in [0.717, 1.165) is 17.9 Å². The summed E-state index contributed by atoms with van der Waals surface area (Å²) in [6.45, 7) is 0. The van der Waals surface area contributed by atoms with Crippen LogP contribution in [0.15, 0.2) is 36.5 Å². The van der Waals surface area contributed by atoms with E-state index in [1.807, 2.05) is 12.3 Å². The molecule has 1 aliphatic rings. The Labute approximate surface area is 107 Å². The molecule has 1 heterocycles. The lowest BCUT2D eigenvalue weighted by atomic mass is 9.99. The van der Waals surface area contributed by atoms with Crippen molar-refractivity contribution in [3.63, 3.8) is 0 Å². The third-order valence-electron chi connectivity index (χ3n) is 3.79. The number of benzene rings is 1. The first-order chi connectivity index (χ1) is 8.86. The summed E-state index contributed by atoms with van der Waals surface area (Å²) in [6, 6.07) is 10.7. The summed E-state index contributed by atoms with van der Waals surface area (Å²) in [5, 5.41) is 1.18. The van der Waals surface area contributed by atoms with Crippen molar-refractivity contribution in [1.82, 2.24) is 10.4 Å². The summed E-state index contributed by atoms with van der Waals surface area (Å²) in [5.41, 5.74) is 5.25. The van der Waals surface area contributed by atoms with Gasteiger partial charge in [-0.3, -0.25) is 16.3 Å². The van der Waals surface area contributed by atoms with Gasteiger partial charge in [-0.05, 0) is 42.5 Å². The molecule has 3 N–H and O–H groups in total. The highest BCUT2D eigenvalue weighted by atomic mass is 15.2. The number of rotatable bonds is 5. The number of hydrazine groups is 1. The molecule has 1 aromatic carbocycles. The van der Waals surface area contributed by atoms with Crippen molar-refractivity contribution in [2.75, 3.05) is 0 Å². The molecule has 1 atom stereocenters. The fraction of sp³-hybridized carbons (Fsp3) is 0.400. The third kappa shape index (κ3) is 2.52. The number of aromatic nitrogens is 1. The zero-order valence-electron chi connectivity index (χ0n) is 10.5. The Morgan fingerprint density at radius 3 is 3.00 bits per heavy atom. The van der Waals surface area contributed by atoms with E-state index in [4.69, 9.17) is 5.84 Å². The highest BCUT2D eigenvalue weighted by Crippen LogP contribution is 2.36. The Bertz CT molecular complexity index is 534. The molecule has 1 fully saturated rings. The Morgan fingerprint density at radius 1 is 1.33 bits per heavy atom. The summed E-state index contributed by atoms with van der Waals surface area (Å²) < 4.78 is 0. The zero-order valence-corrected chi connectivity index (χ0v) is 10.5. The third-order valence-corrected chi connectivity index (χ3v) is 3.79. The smallest absolute Gasteiger partial charge is 0.0702 e. The van der Waals surface area contributed by atoms with E-state index in [1.54, 1.807) is 0 Å². The zero-order chi connectivity index (χ0) is 12.4. The SMILES string of the molecule is NNC(CCC1CC1)c1ccc2ncccc2c1. The molecule has 18 heavy (non-hydrogen) atoms. The van der Waals surface area contributed by atoms with Crippen molar-refractivity contribution in [2.45, 2.75) is 31.7 Å². The number of nitrogens with zero attached hydrogens (tertiary/aromatic N) is 1. The molecule has 1 unspecified atom stereocenters. The van der Waals surface area contributed by atoms with Gasteiger partial charge in [0, 0.05) is 17.6 Å². The van der Waals surface area contributed by atoms with Crippen LogP contribution in [0, 0.1) is 5.92 Å². The first kappa shape index (κ1) is 11.6. The van der Waals surface area contributed by atoms with Crippen LogP contribution in [0.1, 0.15) is 37.3 Å². The summed E-state index contributed by atoms with van der Waals surface area (Å²) in [5.74, 6) is 6.64. The second kappa shape index (κ2) is 5.04. The minimum Gasteiger partial charge on any atom is -0.271 e. The Hall–Kier alpha value is -1.45. The molecule has 1 aliphatic carbocycles. The second-order valence-corrected chi connectivity index (χ2v) is 5.20. The van der Waals surface area contributed by atoms with E-state index in [2.05, 4.69) is 34.7 Å². The number of hydrogen-bond donors (Lipinski definition) is 2. The van der Waals surface area contributed by atoms with Crippen LogP contribution < -0.4 is 11.3 Å². The number of nitrogens with two attached hydrogens (primary N) is 1. The minimum atomic E-state index is 0.259. The lowest BCUT2D eigenvalue weighted by molar-refractivity contribution is 0.482. The summed E-state index contributed by atoms with van der Waals surface area (Å²) in [6.07, 6.45) is 7.03. The average Bonchev–Trinajstić information content (AvgIpc) is 3.23. The molecule has 0 bridgehead atoms. The summed E-state index contributed by atoms with van der Waals surface area (Å²) in [7, 11) is 0. The van der Waals surface area contributed by atoms with Crippen LogP contribution in [-0.2, 0) is 0 Å². The van der Waals surface area contributed by atoms with E-state index in [0.29, 0.717) is 0 Å². The lowest BCUT2D eigenvalue weighted by Gasteiger charge is -2.16. The van der Waals surface area contributed by atoms with Gasteiger partial charge in [-0.1, -0.05) is 25.0 Å². The van der Waals surface area contributed by atoms with Gasteiger partial charge in [-0.15, -0.1) is 0 Å². The Morgan fingerprint density at radius 2 is 2.22 bits per heavy atom. The fourth-order valence-corrected chi connectivity index (χ4v) is 2.47. The molecule has 3 heteroatoms. The van der Waals surface area contributed by atoms with Crippen molar-refractivity contribution in [1.29, 1.82) is 0 Å². The first-order valence-corrected chi connectivity index (χ1v) is 6.67. The minimum absolute atomic E-state index is 0.259. The van der Waals surface area contributed by atoms with Gasteiger partial charge in [0.15, 0.2) is 0 Å². The first-order valence-electron chi connectivity index (χ1n) is 6.67. The van der Waals surface area contributed by atoms with Gasteiger partial charge in [0.25, 0.3) is 0 Å². The molecule has 0 radical (unpaired) electrons. The van der Waals surface area contributed by atoms with Gasteiger partial charge >= 0.3 is 0 Å². The fourth-order valence-electron chi connectivity index (χ4n) is 2.47. The maximum absolute atomic E-state index is 5.69. The topological polar surface area (TPSA) is 50.9 Å². The molecular formula is C15H19N3. The molecule has 0 spiro atoms. The van der Waals surface area contributed by atoms with Gasteiger partial charge in [-0.2, -0.15) is 0 Å². The lowest BCUT2D eigenvalue weighted by Crippen LogP contribution is -2.28. The van der Waals surface area contributed by atoms with Gasteiger partial charge in [0.2, 0.25) is 0 Å². The highest BCUT2D eigenvalue weighted by Gasteiger charge is 2.22. The maximum atomic E-state index is 5.69. The number of fused-ring (bicyclic) bond motifs is 1. The van der Waals surface area contributed by atoms with Crippen LogP contribution in [0.5, 0.6) is 0 Å². The average molecular weight is 241 g/mol. The predicted molar refractivity (Wildman–Crippen MR) is 73.8 cm³/mol. The standard InChI is InChI=1S/C15H19N3/c16-18-15(7-5-11-3-4-11)13-6-8-14-12(10-13)2-1-9-17-14/h1-2,6,8-11,15,18H,3-5,7,16H2. The van der Waals surface area contributed by atoms with Crippen molar-refractivity contribution in [3.8, 4) is 0 Å². The van der Waals surface area contributed by atoms with Gasteiger partial charge in [-0.25, -0.2) is 0 Å². The molecule has 0 aliphatic heterocycles. The van der Waals surface area contributed by atoms with Crippen LogP contribution in [-0.4, -0.2) is 4.98 Å². The molecule has 1 aromatic heterocycles. The van der Waals surface area contributed by atoms with Crippen molar-refractivity contribution < 1.29 is 0 Å². The van der Waals surface area contributed by atoms with E-state index in [9.17, 15) is 0 Å². The number of hydrogen-bond acceptors (Lipinski definition) is 3. The quantitative estimate of drug-likeness (QED) is 0.625. The van der Waals surface area contributed by atoms with E-state index in [-0.39, 0.29) is 6.04 Å². The largest absolute Gasteiger partial charge is 0.271 e. The Balaban J connectivity index is 1.81. The van der Waals surface area contributed by atoms with Crippen LogP contribution in [0.25, 0.3) is 10.9 Å². The van der Waals surface area contributed by atoms with Gasteiger partial charge < -0.3 is 0 Å². The van der Waals surface area contributed by atoms with Crippen LogP contribution in [0.4, 0.5) is 0 Å². The second-order valence-electron chi connectivity index (χ2n) is 5.20. The summed E-state index contributed by atoms with van der Waals surface area (Å²) >= 11 is 0. The molecule has 0 saturated heterocycles. The van der Waals surface area contributed by atoms with E-state index >= 15 is 0 Å². The number of pyridine rings is 1. The van der Waals surface area contributed by atoms with Crippen LogP contribution in [0.2, 0.25) is 0 Å². The molecule has 94 valence electrons. The van der Waals surface area contributed by atoms with E-state index in [1.165, 1.54) is 30.2 Å². The van der Waals surface area contributed by atoms with Gasteiger partial charge in [0.1, 0.15) is 0 Å². The predicted octanol–water partition coefficient (Wildman–Crippen LogP) is 2.93. The molecule has 3 nitrogen and oxygen atoms in total. The molecular weight excluding hydrogens is 222 g/mol. The number of nitrogens with one attached hydrogen (secondary N) is 1. The normalized spacial score (nSPS) is 16.9. The molecule has 2 aromatic rings. The van der Waals surface area contributed by atoms with Crippen LogP contribution >= 0.6 is 0 Å². The molecule has 0 amide bonds. The van der Waals surface area contributed by atoms with E-state index < -0.39 is 0 Å². The van der Waals surface area contributed by atoms with Crippen molar-refractivity contribution >= 4 is 10.9 Å². The van der Waals surface area contributed by atoms with Crippen molar-refractivity contribution in [3.05, 3.63) is 42.1 Å². The highest BCUT2D eigenvalue weighted by molar-refractivity contribution is 5.79.